The molecular weight excluding hydrogens is 262 g/mol. The van der Waals surface area contributed by atoms with Gasteiger partial charge in [-0.15, -0.1) is 0 Å². The minimum Gasteiger partial charge on any atom is -0.462 e. The van der Waals surface area contributed by atoms with Gasteiger partial charge in [-0.2, -0.15) is 0 Å². The van der Waals surface area contributed by atoms with Crippen LogP contribution >= 0.6 is 0 Å². The van der Waals surface area contributed by atoms with Crippen LogP contribution in [0.1, 0.15) is 23.0 Å². The second kappa shape index (κ2) is 7.16. The number of ether oxygens (including phenoxy) is 3. The third kappa shape index (κ3) is 3.88. The van der Waals surface area contributed by atoms with E-state index in [4.69, 9.17) is 14.2 Å². The van der Waals surface area contributed by atoms with Crippen LogP contribution in [0.25, 0.3) is 0 Å². The number of hydrogen-bond donors (Lipinski definition) is 1. The van der Waals surface area contributed by atoms with Crippen molar-refractivity contribution in [2.45, 2.75) is 20.0 Å². The SMILES string of the molecule is CCOC(=O)c1cnc(NCC2COCCO2)nc1C. The van der Waals surface area contributed by atoms with Crippen LogP contribution in [0.4, 0.5) is 5.95 Å². The molecule has 1 atom stereocenters. The fourth-order valence-electron chi connectivity index (χ4n) is 1.82. The van der Waals surface area contributed by atoms with Gasteiger partial charge in [0, 0.05) is 12.7 Å². The number of carbonyl (C=O) groups excluding carboxylic acids is 1. The lowest BCUT2D eigenvalue weighted by Crippen LogP contribution is -2.34. The van der Waals surface area contributed by atoms with E-state index in [2.05, 4.69) is 15.3 Å². The Kier molecular flexibility index (Phi) is 5.25. The Morgan fingerprint density at radius 3 is 3.05 bits per heavy atom. The molecule has 1 saturated heterocycles. The highest BCUT2D eigenvalue weighted by Gasteiger charge is 2.16. The largest absolute Gasteiger partial charge is 0.462 e. The zero-order chi connectivity index (χ0) is 14.4. The molecule has 2 heterocycles. The van der Waals surface area contributed by atoms with Crippen molar-refractivity contribution in [1.82, 2.24) is 9.97 Å². The van der Waals surface area contributed by atoms with Crippen LogP contribution in [-0.2, 0) is 14.2 Å². The predicted molar refractivity (Wildman–Crippen MR) is 71.8 cm³/mol. The Morgan fingerprint density at radius 1 is 1.55 bits per heavy atom. The monoisotopic (exact) mass is 281 g/mol. The average Bonchev–Trinajstić information content (AvgIpc) is 2.46. The highest BCUT2D eigenvalue weighted by Crippen LogP contribution is 2.09. The number of carbonyl (C=O) groups is 1. The van der Waals surface area contributed by atoms with Gasteiger partial charge in [0.1, 0.15) is 0 Å². The second-order valence-corrected chi connectivity index (χ2v) is 4.36. The number of rotatable bonds is 5. The number of nitrogens with zero attached hydrogens (tertiary/aromatic N) is 2. The second-order valence-electron chi connectivity index (χ2n) is 4.36. The van der Waals surface area contributed by atoms with Crippen LogP contribution in [0.5, 0.6) is 0 Å². The summed E-state index contributed by atoms with van der Waals surface area (Å²) < 4.78 is 15.7. The van der Waals surface area contributed by atoms with Crippen molar-refractivity contribution in [2.75, 3.05) is 38.3 Å². The standard InChI is InChI=1S/C13H19N3O4/c1-3-19-12(17)11-7-15-13(16-9(11)2)14-6-10-8-18-4-5-20-10/h7,10H,3-6,8H2,1-2H3,(H,14,15,16). The highest BCUT2D eigenvalue weighted by atomic mass is 16.6. The van der Waals surface area contributed by atoms with Gasteiger partial charge in [0.05, 0.1) is 43.8 Å². The molecule has 7 nitrogen and oxygen atoms in total. The Hall–Kier alpha value is -1.73. The minimum atomic E-state index is -0.402. The summed E-state index contributed by atoms with van der Waals surface area (Å²) in [7, 11) is 0. The Morgan fingerprint density at radius 2 is 2.40 bits per heavy atom. The maximum absolute atomic E-state index is 11.6. The summed E-state index contributed by atoms with van der Waals surface area (Å²) in [6.45, 7) is 6.21. The first kappa shape index (κ1) is 14.7. The quantitative estimate of drug-likeness (QED) is 0.799. The summed E-state index contributed by atoms with van der Waals surface area (Å²) in [5.41, 5.74) is 0.969. The van der Waals surface area contributed by atoms with Gasteiger partial charge < -0.3 is 19.5 Å². The lowest BCUT2D eigenvalue weighted by atomic mass is 10.2. The van der Waals surface area contributed by atoms with E-state index in [1.165, 1.54) is 6.20 Å². The van der Waals surface area contributed by atoms with E-state index >= 15 is 0 Å². The van der Waals surface area contributed by atoms with Crippen LogP contribution in [0.3, 0.4) is 0 Å². The molecule has 0 aromatic carbocycles. The normalized spacial score (nSPS) is 18.6. The van der Waals surface area contributed by atoms with Crippen molar-refractivity contribution in [3.8, 4) is 0 Å². The Balaban J connectivity index is 1.92. The molecular formula is C13H19N3O4. The zero-order valence-corrected chi connectivity index (χ0v) is 11.7. The van der Waals surface area contributed by atoms with Crippen LogP contribution < -0.4 is 5.32 Å². The molecule has 1 aliphatic heterocycles. The fraction of sp³-hybridized carbons (Fsp3) is 0.615. The van der Waals surface area contributed by atoms with E-state index < -0.39 is 5.97 Å². The Labute approximate surface area is 117 Å². The van der Waals surface area contributed by atoms with Crippen LogP contribution in [0.2, 0.25) is 0 Å². The van der Waals surface area contributed by atoms with E-state index in [9.17, 15) is 4.79 Å². The third-order valence-electron chi connectivity index (χ3n) is 2.85. The lowest BCUT2D eigenvalue weighted by Gasteiger charge is -2.23. The first-order chi connectivity index (χ1) is 9.70. The van der Waals surface area contributed by atoms with Gasteiger partial charge in [0.25, 0.3) is 0 Å². The van der Waals surface area contributed by atoms with Gasteiger partial charge >= 0.3 is 5.97 Å². The van der Waals surface area contributed by atoms with Crippen molar-refractivity contribution >= 4 is 11.9 Å². The minimum absolute atomic E-state index is 0.00242. The van der Waals surface area contributed by atoms with Gasteiger partial charge in [-0.3, -0.25) is 0 Å². The van der Waals surface area contributed by atoms with Crippen LogP contribution in [-0.4, -0.2) is 55.0 Å². The molecule has 0 saturated carbocycles. The van der Waals surface area contributed by atoms with Crippen molar-refractivity contribution < 1.29 is 19.0 Å². The molecule has 1 unspecified atom stereocenters. The highest BCUT2D eigenvalue weighted by molar-refractivity contribution is 5.90. The number of aryl methyl sites for hydroxylation is 1. The number of esters is 1. The molecule has 1 aromatic rings. The molecule has 1 aromatic heterocycles. The van der Waals surface area contributed by atoms with E-state index in [0.717, 1.165) is 0 Å². The number of anilines is 1. The molecule has 1 N–H and O–H groups in total. The summed E-state index contributed by atoms with van der Waals surface area (Å²) in [6.07, 6.45) is 1.47. The van der Waals surface area contributed by atoms with Gasteiger partial charge in [0.15, 0.2) is 0 Å². The summed E-state index contributed by atoms with van der Waals surface area (Å²) in [5, 5.41) is 3.07. The number of nitrogens with one attached hydrogen (secondary N) is 1. The van der Waals surface area contributed by atoms with Crippen LogP contribution in [0, 0.1) is 6.92 Å². The van der Waals surface area contributed by atoms with E-state index in [0.29, 0.717) is 50.2 Å². The molecule has 0 amide bonds. The van der Waals surface area contributed by atoms with Gasteiger partial charge in [-0.1, -0.05) is 0 Å². The molecule has 0 aliphatic carbocycles. The van der Waals surface area contributed by atoms with E-state index in [1.54, 1.807) is 13.8 Å². The first-order valence-electron chi connectivity index (χ1n) is 6.64. The van der Waals surface area contributed by atoms with Crippen molar-refractivity contribution in [2.24, 2.45) is 0 Å². The van der Waals surface area contributed by atoms with Gasteiger partial charge in [0.2, 0.25) is 5.95 Å². The summed E-state index contributed by atoms with van der Waals surface area (Å²) in [4.78, 5) is 20.0. The van der Waals surface area contributed by atoms with E-state index in [1.807, 2.05) is 0 Å². The molecule has 0 spiro atoms. The Bertz CT molecular complexity index is 461. The molecule has 0 radical (unpaired) electrons. The summed E-state index contributed by atoms with van der Waals surface area (Å²) in [5.74, 6) is 0.0604. The molecule has 0 bridgehead atoms. The summed E-state index contributed by atoms with van der Waals surface area (Å²) in [6, 6.07) is 0. The predicted octanol–water partition coefficient (Wildman–Crippen LogP) is 0.789. The van der Waals surface area contributed by atoms with Crippen LogP contribution in [0.15, 0.2) is 6.20 Å². The summed E-state index contributed by atoms with van der Waals surface area (Å²) >= 11 is 0. The van der Waals surface area contributed by atoms with Crippen molar-refractivity contribution in [3.05, 3.63) is 17.5 Å². The van der Waals surface area contributed by atoms with Gasteiger partial charge in [-0.25, -0.2) is 14.8 Å². The smallest absolute Gasteiger partial charge is 0.341 e. The van der Waals surface area contributed by atoms with Crippen molar-refractivity contribution in [1.29, 1.82) is 0 Å². The molecule has 110 valence electrons. The maximum atomic E-state index is 11.6. The fourth-order valence-corrected chi connectivity index (χ4v) is 1.82. The zero-order valence-electron chi connectivity index (χ0n) is 11.7. The average molecular weight is 281 g/mol. The molecule has 1 aliphatic rings. The number of aromatic nitrogens is 2. The molecule has 1 fully saturated rings. The molecule has 20 heavy (non-hydrogen) atoms. The lowest BCUT2D eigenvalue weighted by molar-refractivity contribution is -0.0819. The first-order valence-corrected chi connectivity index (χ1v) is 6.64. The third-order valence-corrected chi connectivity index (χ3v) is 2.85. The van der Waals surface area contributed by atoms with Crippen molar-refractivity contribution in [3.63, 3.8) is 0 Å². The van der Waals surface area contributed by atoms with Gasteiger partial charge in [-0.05, 0) is 13.8 Å². The molecule has 2 rings (SSSR count). The topological polar surface area (TPSA) is 82.6 Å². The van der Waals surface area contributed by atoms with E-state index in [-0.39, 0.29) is 6.10 Å². The maximum Gasteiger partial charge on any atom is 0.341 e. The number of hydrogen-bond acceptors (Lipinski definition) is 7. The molecule has 7 heteroatoms.